The maximum Gasteiger partial charge on any atom is 0.145 e. The molecule has 9 rings (SSSR count). The Hall–Kier alpha value is -6.19. The lowest BCUT2D eigenvalue weighted by atomic mass is 9.95. The first-order valence-corrected chi connectivity index (χ1v) is 15.7. The summed E-state index contributed by atoms with van der Waals surface area (Å²) in [6.45, 7) is 0. The van der Waals surface area contributed by atoms with Crippen LogP contribution in [0.4, 0.5) is 0 Å². The lowest BCUT2D eigenvalue weighted by Crippen LogP contribution is -2.00. The Kier molecular flexibility index (Phi) is 6.14. The van der Waals surface area contributed by atoms with Crippen molar-refractivity contribution in [3.8, 4) is 45.0 Å². The number of nitrogens with zero attached hydrogens (tertiary/aromatic N) is 3. The first-order valence-electron chi connectivity index (χ1n) is 15.7. The van der Waals surface area contributed by atoms with Crippen LogP contribution in [0.25, 0.3) is 77.9 Å². The van der Waals surface area contributed by atoms with Gasteiger partial charge in [-0.3, -0.25) is 4.57 Å². The van der Waals surface area contributed by atoms with Crippen LogP contribution in [-0.2, 0) is 0 Å². The highest BCUT2D eigenvalue weighted by Gasteiger charge is 2.19. The first kappa shape index (κ1) is 26.2. The lowest BCUT2D eigenvalue weighted by Gasteiger charge is -2.15. The second-order valence-corrected chi connectivity index (χ2v) is 11.6. The van der Waals surface area contributed by atoms with E-state index in [0.717, 1.165) is 33.8 Å². The molecular weight excluding hydrogens is 558 g/mol. The van der Waals surface area contributed by atoms with E-state index >= 15 is 0 Å². The summed E-state index contributed by atoms with van der Waals surface area (Å²) in [5, 5.41) is 2.48. The van der Waals surface area contributed by atoms with E-state index < -0.39 is 0 Å². The van der Waals surface area contributed by atoms with Gasteiger partial charge < -0.3 is 4.57 Å². The molecule has 0 unspecified atom stereocenters. The van der Waals surface area contributed by atoms with Crippen LogP contribution in [0, 0.1) is 0 Å². The number of hydrogen-bond donors (Lipinski definition) is 0. The van der Waals surface area contributed by atoms with Crippen molar-refractivity contribution >= 4 is 32.8 Å². The predicted octanol–water partition coefficient (Wildman–Crippen LogP) is 11.1. The highest BCUT2D eigenvalue weighted by Crippen LogP contribution is 2.41. The van der Waals surface area contributed by atoms with E-state index in [9.17, 15) is 0 Å². The number of fused-ring (bicyclic) bond motifs is 4. The van der Waals surface area contributed by atoms with E-state index in [4.69, 9.17) is 4.98 Å². The van der Waals surface area contributed by atoms with Gasteiger partial charge in [0, 0.05) is 33.3 Å². The molecule has 0 amide bonds. The van der Waals surface area contributed by atoms with Crippen molar-refractivity contribution < 1.29 is 0 Å². The molecule has 3 heteroatoms. The lowest BCUT2D eigenvalue weighted by molar-refractivity contribution is 1.09. The molecule has 0 aliphatic carbocycles. The van der Waals surface area contributed by atoms with Crippen LogP contribution in [0.3, 0.4) is 0 Å². The number of benzene rings is 7. The minimum atomic E-state index is 0.936. The monoisotopic (exact) mass is 587 g/mol. The molecule has 0 saturated carbocycles. The van der Waals surface area contributed by atoms with Gasteiger partial charge in [-0.1, -0.05) is 121 Å². The summed E-state index contributed by atoms with van der Waals surface area (Å²) < 4.78 is 4.69. The van der Waals surface area contributed by atoms with Crippen LogP contribution in [0.2, 0.25) is 0 Å². The molecule has 0 fully saturated rings. The van der Waals surface area contributed by atoms with Crippen molar-refractivity contribution in [2.24, 2.45) is 0 Å². The summed E-state index contributed by atoms with van der Waals surface area (Å²) in [6.07, 6.45) is 0. The molecule has 0 aliphatic heterocycles. The van der Waals surface area contributed by atoms with Crippen molar-refractivity contribution in [3.63, 3.8) is 0 Å². The predicted molar refractivity (Wildman–Crippen MR) is 192 cm³/mol. The molecule has 9 aromatic rings. The largest absolute Gasteiger partial charge is 0.309 e. The molecule has 0 aliphatic rings. The van der Waals surface area contributed by atoms with Gasteiger partial charge in [-0.25, -0.2) is 4.98 Å². The Balaban J connectivity index is 1.29. The SMILES string of the molecule is c1ccc(-c2cc(-c3ccccc3)c3c(c2)c2ccccc2n3-c2ccc(-n3c(-c4ccccc4)nc4ccccc43)cc2)cc1. The quantitative estimate of drug-likeness (QED) is 0.196. The van der Waals surface area contributed by atoms with Gasteiger partial charge in [0.05, 0.1) is 22.1 Å². The zero-order valence-electron chi connectivity index (χ0n) is 25.1. The fraction of sp³-hybridized carbons (Fsp3) is 0. The van der Waals surface area contributed by atoms with E-state index in [1.807, 2.05) is 12.1 Å². The number of imidazole rings is 1. The molecule has 2 heterocycles. The van der Waals surface area contributed by atoms with Crippen LogP contribution in [0.15, 0.2) is 176 Å². The Morgan fingerprint density at radius 2 is 0.913 bits per heavy atom. The highest BCUT2D eigenvalue weighted by atomic mass is 15.1. The third-order valence-electron chi connectivity index (χ3n) is 8.92. The molecular formula is C43H29N3. The Morgan fingerprint density at radius 1 is 0.370 bits per heavy atom. The van der Waals surface area contributed by atoms with Crippen LogP contribution < -0.4 is 0 Å². The summed E-state index contributed by atoms with van der Waals surface area (Å²) in [5.74, 6) is 0.936. The van der Waals surface area contributed by atoms with Crippen molar-refractivity contribution in [1.29, 1.82) is 0 Å². The molecule has 216 valence electrons. The average Bonchev–Trinajstić information content (AvgIpc) is 3.69. The first-order chi connectivity index (χ1) is 22.8. The van der Waals surface area contributed by atoms with Gasteiger partial charge in [-0.05, 0) is 71.3 Å². The topological polar surface area (TPSA) is 22.8 Å². The maximum absolute atomic E-state index is 5.05. The fourth-order valence-corrected chi connectivity index (χ4v) is 6.82. The van der Waals surface area contributed by atoms with E-state index in [1.54, 1.807) is 0 Å². The van der Waals surface area contributed by atoms with E-state index in [-0.39, 0.29) is 0 Å². The van der Waals surface area contributed by atoms with E-state index in [1.165, 1.54) is 44.1 Å². The summed E-state index contributed by atoms with van der Waals surface area (Å²) in [4.78, 5) is 5.05. The number of para-hydroxylation sites is 3. The summed E-state index contributed by atoms with van der Waals surface area (Å²) in [7, 11) is 0. The number of hydrogen-bond acceptors (Lipinski definition) is 1. The standard InChI is InChI=1S/C43H29N3/c1-4-14-30(15-5-1)33-28-37(31-16-6-2-7-17-31)42-38(29-33)36-20-10-12-22-40(36)45(42)34-24-26-35(27-25-34)46-41-23-13-11-21-39(41)44-43(46)32-18-8-3-9-19-32/h1-29H. The Labute approximate surface area is 267 Å². The second-order valence-electron chi connectivity index (χ2n) is 11.6. The molecule has 0 bridgehead atoms. The van der Waals surface area contributed by atoms with Gasteiger partial charge in [0.15, 0.2) is 0 Å². The molecule has 7 aromatic carbocycles. The van der Waals surface area contributed by atoms with Crippen molar-refractivity contribution in [2.45, 2.75) is 0 Å². The van der Waals surface area contributed by atoms with E-state index in [0.29, 0.717) is 0 Å². The smallest absolute Gasteiger partial charge is 0.145 e. The Bertz CT molecular complexity index is 2490. The Morgan fingerprint density at radius 3 is 1.61 bits per heavy atom. The third-order valence-corrected chi connectivity index (χ3v) is 8.92. The minimum absolute atomic E-state index is 0.936. The molecule has 0 N–H and O–H groups in total. The van der Waals surface area contributed by atoms with Crippen LogP contribution in [0.5, 0.6) is 0 Å². The van der Waals surface area contributed by atoms with Crippen LogP contribution >= 0.6 is 0 Å². The summed E-state index contributed by atoms with van der Waals surface area (Å²) >= 11 is 0. The summed E-state index contributed by atoms with van der Waals surface area (Å²) in [5.41, 5.74) is 12.6. The van der Waals surface area contributed by atoms with Gasteiger partial charge in [0.25, 0.3) is 0 Å². The van der Waals surface area contributed by atoms with Gasteiger partial charge in [-0.2, -0.15) is 0 Å². The minimum Gasteiger partial charge on any atom is -0.309 e. The normalized spacial score (nSPS) is 11.5. The van der Waals surface area contributed by atoms with Gasteiger partial charge in [0.2, 0.25) is 0 Å². The van der Waals surface area contributed by atoms with Crippen LogP contribution in [-0.4, -0.2) is 14.1 Å². The molecule has 2 aromatic heterocycles. The fourth-order valence-electron chi connectivity index (χ4n) is 6.82. The second kappa shape index (κ2) is 10.8. The van der Waals surface area contributed by atoms with Gasteiger partial charge >= 0.3 is 0 Å². The number of aromatic nitrogens is 3. The molecule has 3 nitrogen and oxygen atoms in total. The number of rotatable bonds is 5. The molecule has 0 radical (unpaired) electrons. The van der Waals surface area contributed by atoms with Crippen molar-refractivity contribution in [2.75, 3.05) is 0 Å². The zero-order chi connectivity index (χ0) is 30.5. The van der Waals surface area contributed by atoms with Crippen LogP contribution in [0.1, 0.15) is 0 Å². The molecule has 46 heavy (non-hydrogen) atoms. The molecule has 0 saturated heterocycles. The summed E-state index contributed by atoms with van der Waals surface area (Å²) in [6, 6.07) is 62.6. The average molecular weight is 588 g/mol. The van der Waals surface area contributed by atoms with Gasteiger partial charge in [0.1, 0.15) is 5.82 Å². The molecule has 0 spiro atoms. The van der Waals surface area contributed by atoms with Gasteiger partial charge in [-0.15, -0.1) is 0 Å². The van der Waals surface area contributed by atoms with Crippen molar-refractivity contribution in [1.82, 2.24) is 14.1 Å². The van der Waals surface area contributed by atoms with Crippen molar-refractivity contribution in [3.05, 3.63) is 176 Å². The third kappa shape index (κ3) is 4.25. The molecule has 0 atom stereocenters. The van der Waals surface area contributed by atoms with E-state index in [2.05, 4.69) is 173 Å². The highest BCUT2D eigenvalue weighted by molar-refractivity contribution is 6.15. The zero-order valence-corrected chi connectivity index (χ0v) is 25.1. The maximum atomic E-state index is 5.05.